The van der Waals surface area contributed by atoms with Gasteiger partial charge < -0.3 is 45.9 Å². The summed E-state index contributed by atoms with van der Waals surface area (Å²) in [5, 5.41) is 48.1. The highest BCUT2D eigenvalue weighted by molar-refractivity contribution is 5.92. The molecule has 3 amide bonds. The molecule has 1 aliphatic heterocycles. The Hall–Kier alpha value is -2.32. The van der Waals surface area contributed by atoms with Crippen LogP contribution in [-0.2, 0) is 28.7 Å². The average molecular weight is 828 g/mol. The number of aliphatic carboxylic acids is 1. The van der Waals surface area contributed by atoms with Crippen LogP contribution in [0.3, 0.4) is 0 Å². The number of unbranched alkanes of at least 4 members (excludes halogenated alkanes) is 22. The van der Waals surface area contributed by atoms with E-state index in [9.17, 15) is 39.6 Å². The van der Waals surface area contributed by atoms with Gasteiger partial charge in [0.2, 0.25) is 17.7 Å². The van der Waals surface area contributed by atoms with Crippen molar-refractivity contribution in [1.29, 1.82) is 0 Å². The van der Waals surface area contributed by atoms with E-state index in [0.29, 0.717) is 12.8 Å². The summed E-state index contributed by atoms with van der Waals surface area (Å²) in [5.41, 5.74) is 0. The van der Waals surface area contributed by atoms with Gasteiger partial charge in [-0.15, -0.1) is 0 Å². The third-order valence-electron chi connectivity index (χ3n) is 11.6. The van der Waals surface area contributed by atoms with Crippen molar-refractivity contribution in [1.82, 2.24) is 16.0 Å². The van der Waals surface area contributed by atoms with Gasteiger partial charge in [0.05, 0.1) is 12.7 Å². The predicted octanol–water partition coefficient (Wildman–Crippen LogP) is 7.21. The molecule has 1 fully saturated rings. The molecule has 0 radical (unpaired) electrons. The summed E-state index contributed by atoms with van der Waals surface area (Å²) in [6, 6.07) is -2.51. The van der Waals surface area contributed by atoms with E-state index in [1.54, 1.807) is 0 Å². The summed E-state index contributed by atoms with van der Waals surface area (Å²) >= 11 is 0. The monoisotopic (exact) mass is 828 g/mol. The van der Waals surface area contributed by atoms with Gasteiger partial charge in [0.25, 0.3) is 0 Å². The van der Waals surface area contributed by atoms with E-state index in [4.69, 9.17) is 9.47 Å². The minimum absolute atomic E-state index is 0.172. The molecule has 1 heterocycles. The number of carbonyl (C=O) groups is 4. The number of carbonyl (C=O) groups excluding carboxylic acids is 3. The molecular formula is C45H85N3O10. The van der Waals surface area contributed by atoms with Crippen LogP contribution in [0.1, 0.15) is 201 Å². The SMILES string of the molecule is CCCCCCCCCCCCCCC(CCCCCCCCCCCCCC)C(=O)N[C@H](CO[C@@H]1O[C@@H](C)[C@@H](O)[C@H](O)[C@@H]1O)C(=O)N[C@@H](CCC(=O)O)C(=O)NC. The van der Waals surface area contributed by atoms with Crippen molar-refractivity contribution in [3.05, 3.63) is 0 Å². The van der Waals surface area contributed by atoms with Gasteiger partial charge in [0.1, 0.15) is 30.4 Å². The molecule has 7 N–H and O–H groups in total. The fourth-order valence-corrected chi connectivity index (χ4v) is 7.67. The number of aliphatic hydroxyl groups excluding tert-OH is 3. The zero-order valence-electron chi connectivity index (χ0n) is 36.9. The fourth-order valence-electron chi connectivity index (χ4n) is 7.67. The molecule has 0 aromatic rings. The Morgan fingerprint density at radius 1 is 0.552 bits per heavy atom. The first kappa shape index (κ1) is 53.7. The third-order valence-corrected chi connectivity index (χ3v) is 11.6. The molecule has 0 bridgehead atoms. The van der Waals surface area contributed by atoms with Gasteiger partial charge in [-0.3, -0.25) is 19.2 Å². The standard InChI is InChI=1S/C45H85N3O10/c1-5-7-9-11-13-15-17-19-21-23-25-27-29-35(30-28-26-24-22-20-18-16-14-12-10-8-6-2)42(54)48-37(33-57-45-41(53)40(52)39(51)34(3)58-45)44(56)47-36(43(55)46-4)31-32-38(49)50/h34-37,39-41,45,51-53H,5-33H2,1-4H3,(H,46,55)(H,47,56)(H,48,54)(H,49,50)/t34-,36-,37+,39+,40-,41-,45+/m0/s1. The number of aliphatic hydroxyl groups is 3. The van der Waals surface area contributed by atoms with Crippen LogP contribution >= 0.6 is 0 Å². The average Bonchev–Trinajstić information content (AvgIpc) is 3.21. The molecule has 0 aromatic carbocycles. The van der Waals surface area contributed by atoms with Crippen LogP contribution in [0.4, 0.5) is 0 Å². The van der Waals surface area contributed by atoms with Crippen LogP contribution in [0.2, 0.25) is 0 Å². The minimum atomic E-state index is -1.62. The van der Waals surface area contributed by atoms with Gasteiger partial charge in [-0.05, 0) is 26.2 Å². The van der Waals surface area contributed by atoms with Crippen LogP contribution in [0.15, 0.2) is 0 Å². The molecule has 0 aliphatic carbocycles. The van der Waals surface area contributed by atoms with Gasteiger partial charge >= 0.3 is 5.97 Å². The van der Waals surface area contributed by atoms with E-state index >= 15 is 0 Å². The lowest BCUT2D eigenvalue weighted by Crippen LogP contribution is -2.59. The van der Waals surface area contributed by atoms with Crippen LogP contribution < -0.4 is 16.0 Å². The second kappa shape index (κ2) is 34.4. The number of hydrogen-bond acceptors (Lipinski definition) is 9. The van der Waals surface area contributed by atoms with Crippen molar-refractivity contribution in [3.63, 3.8) is 0 Å². The Kier molecular flexibility index (Phi) is 31.8. The van der Waals surface area contributed by atoms with E-state index < -0.39 is 67.2 Å². The molecule has 340 valence electrons. The summed E-state index contributed by atoms with van der Waals surface area (Å²) in [6.07, 6.45) is 23.1. The largest absolute Gasteiger partial charge is 0.481 e. The van der Waals surface area contributed by atoms with Crippen molar-refractivity contribution < 1.29 is 49.1 Å². The summed E-state index contributed by atoms with van der Waals surface area (Å²) in [4.78, 5) is 51.7. The molecule has 1 rings (SSSR count). The maximum atomic E-state index is 14.0. The van der Waals surface area contributed by atoms with Crippen LogP contribution in [-0.4, -0.2) is 101 Å². The quantitative estimate of drug-likeness (QED) is 0.0314. The predicted molar refractivity (Wildman–Crippen MR) is 228 cm³/mol. The Morgan fingerprint density at radius 3 is 1.38 bits per heavy atom. The Morgan fingerprint density at radius 2 is 0.966 bits per heavy atom. The molecule has 13 nitrogen and oxygen atoms in total. The molecular weight excluding hydrogens is 743 g/mol. The molecule has 13 heteroatoms. The second-order valence-corrected chi connectivity index (χ2v) is 16.7. The summed E-state index contributed by atoms with van der Waals surface area (Å²) < 4.78 is 11.3. The van der Waals surface area contributed by atoms with Gasteiger partial charge in [-0.25, -0.2) is 0 Å². The van der Waals surface area contributed by atoms with Gasteiger partial charge in [-0.1, -0.05) is 168 Å². The number of amides is 3. The Labute approximate surface area is 350 Å². The maximum Gasteiger partial charge on any atom is 0.303 e. The van der Waals surface area contributed by atoms with E-state index in [2.05, 4.69) is 29.8 Å². The van der Waals surface area contributed by atoms with Gasteiger partial charge in [0, 0.05) is 19.4 Å². The molecule has 0 spiro atoms. The van der Waals surface area contributed by atoms with Crippen LogP contribution in [0, 0.1) is 5.92 Å². The summed E-state index contributed by atoms with van der Waals surface area (Å²) in [6.45, 7) is 5.51. The Balaban J connectivity index is 2.93. The van der Waals surface area contributed by atoms with Crippen molar-refractivity contribution in [2.24, 2.45) is 5.92 Å². The van der Waals surface area contributed by atoms with Crippen molar-refractivity contribution in [2.45, 2.75) is 243 Å². The molecule has 58 heavy (non-hydrogen) atoms. The lowest BCUT2D eigenvalue weighted by molar-refractivity contribution is -0.293. The minimum Gasteiger partial charge on any atom is -0.481 e. The van der Waals surface area contributed by atoms with Crippen LogP contribution in [0.25, 0.3) is 0 Å². The molecule has 7 atom stereocenters. The van der Waals surface area contributed by atoms with Gasteiger partial charge in [-0.2, -0.15) is 0 Å². The van der Waals surface area contributed by atoms with Crippen LogP contribution in [0.5, 0.6) is 0 Å². The highest BCUT2D eigenvalue weighted by Gasteiger charge is 2.43. The number of carboxylic acids is 1. The second-order valence-electron chi connectivity index (χ2n) is 16.7. The highest BCUT2D eigenvalue weighted by atomic mass is 16.7. The highest BCUT2D eigenvalue weighted by Crippen LogP contribution is 2.23. The number of rotatable bonds is 37. The summed E-state index contributed by atoms with van der Waals surface area (Å²) in [5.74, 6) is -3.15. The van der Waals surface area contributed by atoms with Crippen molar-refractivity contribution in [3.8, 4) is 0 Å². The molecule has 1 aliphatic rings. The van der Waals surface area contributed by atoms with E-state index in [-0.39, 0.29) is 24.7 Å². The Bertz CT molecular complexity index is 1050. The van der Waals surface area contributed by atoms with Crippen molar-refractivity contribution in [2.75, 3.05) is 13.7 Å². The zero-order chi connectivity index (χ0) is 43.0. The first-order valence-electron chi connectivity index (χ1n) is 23.3. The number of likely N-dealkylation sites (N-methyl/N-ethyl adjacent to an activating group) is 1. The van der Waals surface area contributed by atoms with Crippen molar-refractivity contribution >= 4 is 23.7 Å². The fraction of sp³-hybridized carbons (Fsp3) is 0.911. The van der Waals surface area contributed by atoms with E-state index in [0.717, 1.165) is 38.5 Å². The lowest BCUT2D eigenvalue weighted by atomic mass is 9.92. The normalized spacial score (nSPS) is 20.4. The smallest absolute Gasteiger partial charge is 0.303 e. The van der Waals surface area contributed by atoms with E-state index in [1.807, 2.05) is 0 Å². The van der Waals surface area contributed by atoms with Gasteiger partial charge in [0.15, 0.2) is 6.29 Å². The first-order chi connectivity index (χ1) is 28.0. The topological polar surface area (TPSA) is 204 Å². The third kappa shape index (κ3) is 24.7. The number of hydrogen-bond donors (Lipinski definition) is 7. The number of ether oxygens (including phenoxy) is 2. The molecule has 0 aromatic heterocycles. The maximum absolute atomic E-state index is 14.0. The molecule has 1 saturated heterocycles. The first-order valence-corrected chi connectivity index (χ1v) is 23.3. The summed E-state index contributed by atoms with van der Waals surface area (Å²) in [7, 11) is 1.38. The molecule has 0 saturated carbocycles. The molecule has 0 unspecified atom stereocenters. The number of carboxylic acid groups (broad SMARTS) is 1. The lowest BCUT2D eigenvalue weighted by Gasteiger charge is -2.39. The number of nitrogens with one attached hydrogen (secondary N) is 3. The zero-order valence-corrected chi connectivity index (χ0v) is 36.9. The van der Waals surface area contributed by atoms with E-state index in [1.165, 1.54) is 130 Å².